The molecule has 3 aromatic carbocycles. The lowest BCUT2D eigenvalue weighted by atomic mass is 10.0. The molecule has 0 bridgehead atoms. The van der Waals surface area contributed by atoms with Crippen molar-refractivity contribution in [1.29, 1.82) is 0 Å². The second kappa shape index (κ2) is 22.2. The van der Waals surface area contributed by atoms with Crippen LogP contribution in [0, 0.1) is 0 Å². The molecule has 4 N–H and O–H groups in total. The summed E-state index contributed by atoms with van der Waals surface area (Å²) in [6.45, 7) is 4.54. The number of rotatable bonds is 25. The number of aromatic nitrogens is 3. The van der Waals surface area contributed by atoms with Gasteiger partial charge in [-0.05, 0) is 42.8 Å². The van der Waals surface area contributed by atoms with Gasteiger partial charge in [-0.15, -0.1) is 0 Å². The summed E-state index contributed by atoms with van der Waals surface area (Å²) in [6, 6.07) is 18.1. The monoisotopic (exact) mass is 883 g/mol. The first kappa shape index (κ1) is 44.8. The van der Waals surface area contributed by atoms with Gasteiger partial charge >= 0.3 is 0 Å². The lowest BCUT2D eigenvalue weighted by Crippen LogP contribution is -2.54. The highest BCUT2D eigenvalue weighted by molar-refractivity contribution is 6.36. The molecule has 0 aliphatic carbocycles. The molecule has 330 valence electrons. The van der Waals surface area contributed by atoms with E-state index in [9.17, 15) is 24.0 Å². The summed E-state index contributed by atoms with van der Waals surface area (Å²) < 4.78 is 33.8. The SMILES string of the molecule is O=C1CCC(N2C(=O)c3cccc(NCCOCCOCCOCCOCCOCCNc4ncnc5[nH]cc(C(=O)c6ccc(Oc7ccccc7)cc6Cl)c45)c3C2=O)C(=O)N1. The Morgan fingerprint density at radius 2 is 1.40 bits per heavy atom. The van der Waals surface area contributed by atoms with Crippen LogP contribution in [-0.2, 0) is 33.3 Å². The summed E-state index contributed by atoms with van der Waals surface area (Å²) in [5.74, 6) is -0.836. The van der Waals surface area contributed by atoms with Gasteiger partial charge in [0.05, 0.1) is 93.2 Å². The van der Waals surface area contributed by atoms with Gasteiger partial charge in [-0.2, -0.15) is 0 Å². The Labute approximate surface area is 366 Å². The normalized spacial score (nSPS) is 14.9. The minimum Gasteiger partial charge on any atom is -0.457 e. The van der Waals surface area contributed by atoms with E-state index in [1.165, 1.54) is 6.33 Å². The minimum atomic E-state index is -1.02. The molecule has 18 nitrogen and oxygen atoms in total. The van der Waals surface area contributed by atoms with Crippen LogP contribution in [0.15, 0.2) is 79.3 Å². The molecule has 63 heavy (non-hydrogen) atoms. The predicted molar refractivity (Wildman–Crippen MR) is 229 cm³/mol. The quantitative estimate of drug-likeness (QED) is 0.0356. The molecule has 2 aliphatic heterocycles. The average molecular weight is 884 g/mol. The zero-order valence-corrected chi connectivity index (χ0v) is 34.9. The van der Waals surface area contributed by atoms with Crippen molar-refractivity contribution in [2.24, 2.45) is 0 Å². The number of para-hydroxylation sites is 1. The first-order valence-corrected chi connectivity index (χ1v) is 20.8. The van der Waals surface area contributed by atoms with Crippen molar-refractivity contribution in [3.63, 3.8) is 0 Å². The third-order valence-electron chi connectivity index (χ3n) is 9.94. The van der Waals surface area contributed by atoms with Crippen molar-refractivity contribution in [2.75, 3.05) is 89.8 Å². The summed E-state index contributed by atoms with van der Waals surface area (Å²) in [4.78, 5) is 76.3. The molecular weight excluding hydrogens is 838 g/mol. The number of aromatic amines is 1. The molecule has 2 aliphatic rings. The molecule has 19 heteroatoms. The molecule has 1 atom stereocenters. The van der Waals surface area contributed by atoms with Gasteiger partial charge in [-0.1, -0.05) is 35.9 Å². The smallest absolute Gasteiger partial charge is 0.264 e. The Hall–Kier alpha value is -6.28. The molecule has 5 aromatic rings. The lowest BCUT2D eigenvalue weighted by molar-refractivity contribution is -0.136. The predicted octanol–water partition coefficient (Wildman–Crippen LogP) is 4.64. The molecule has 4 amide bonds. The van der Waals surface area contributed by atoms with Crippen LogP contribution in [0.25, 0.3) is 11.0 Å². The number of H-pyrrole nitrogens is 1. The standard InChI is InChI=1S/C44H46ClN7O11/c45-33-25-29(63-28-5-2-1-3-6-28)9-10-30(33)39(54)32-26-48-41-38(32)40(49-27-50-41)47-14-16-59-18-20-61-22-24-62-23-21-60-19-17-58-15-13-46-34-8-4-7-31-37(34)44(57)52(43(31)56)35-11-12-36(53)51-42(35)55/h1-10,25-27,35,46H,11-24H2,(H,51,53,55)(H2,47,48,49,50). The van der Waals surface area contributed by atoms with Crippen molar-refractivity contribution in [1.82, 2.24) is 25.2 Å². The Balaban J connectivity index is 0.701. The van der Waals surface area contributed by atoms with Gasteiger partial charge in [0.15, 0.2) is 5.78 Å². The van der Waals surface area contributed by atoms with Crippen molar-refractivity contribution >= 4 is 63.6 Å². The van der Waals surface area contributed by atoms with Crippen LogP contribution >= 0.6 is 11.6 Å². The molecule has 0 saturated carbocycles. The van der Waals surface area contributed by atoms with Crippen molar-refractivity contribution < 1.29 is 52.4 Å². The van der Waals surface area contributed by atoms with Crippen LogP contribution in [0.4, 0.5) is 11.5 Å². The fourth-order valence-corrected chi connectivity index (χ4v) is 7.19. The van der Waals surface area contributed by atoms with Crippen LogP contribution in [0.2, 0.25) is 5.02 Å². The number of imide groups is 2. The second-order valence-corrected chi connectivity index (χ2v) is 14.5. The van der Waals surface area contributed by atoms with E-state index in [0.717, 1.165) is 4.90 Å². The minimum absolute atomic E-state index is 0.0557. The molecule has 0 radical (unpaired) electrons. The number of fused-ring (bicyclic) bond motifs is 2. The van der Waals surface area contributed by atoms with E-state index >= 15 is 0 Å². The van der Waals surface area contributed by atoms with Crippen LogP contribution in [0.1, 0.15) is 49.5 Å². The molecule has 1 unspecified atom stereocenters. The van der Waals surface area contributed by atoms with E-state index in [0.29, 0.717) is 124 Å². The first-order valence-electron chi connectivity index (χ1n) is 20.4. The van der Waals surface area contributed by atoms with E-state index in [-0.39, 0.29) is 34.8 Å². The van der Waals surface area contributed by atoms with E-state index in [2.05, 4.69) is 30.9 Å². The number of ether oxygens (including phenoxy) is 6. The zero-order chi connectivity index (χ0) is 44.0. The van der Waals surface area contributed by atoms with Crippen LogP contribution < -0.4 is 20.7 Å². The average Bonchev–Trinajstić information content (AvgIpc) is 3.83. The fraction of sp³-hybridized carbons (Fsp3) is 0.341. The summed E-state index contributed by atoms with van der Waals surface area (Å²) in [7, 11) is 0. The number of carbonyl (C=O) groups excluding carboxylic acids is 5. The maximum absolute atomic E-state index is 13.6. The highest BCUT2D eigenvalue weighted by Crippen LogP contribution is 2.33. The number of anilines is 2. The zero-order valence-electron chi connectivity index (χ0n) is 34.2. The Bertz CT molecular complexity index is 2410. The van der Waals surface area contributed by atoms with E-state index in [1.807, 2.05) is 30.3 Å². The Morgan fingerprint density at radius 1 is 0.730 bits per heavy atom. The van der Waals surface area contributed by atoms with E-state index < -0.39 is 29.7 Å². The largest absolute Gasteiger partial charge is 0.457 e. The number of piperidine rings is 1. The number of nitrogens with one attached hydrogen (secondary N) is 4. The summed E-state index contributed by atoms with van der Waals surface area (Å²) >= 11 is 6.54. The van der Waals surface area contributed by atoms with Gasteiger partial charge in [0, 0.05) is 43.0 Å². The highest BCUT2D eigenvalue weighted by atomic mass is 35.5. The summed E-state index contributed by atoms with van der Waals surface area (Å²) in [5, 5.41) is 9.36. The first-order chi connectivity index (χ1) is 30.8. The molecular formula is C44H46ClN7O11. The Kier molecular flexibility index (Phi) is 15.8. The second-order valence-electron chi connectivity index (χ2n) is 14.1. The van der Waals surface area contributed by atoms with E-state index in [4.69, 9.17) is 40.0 Å². The van der Waals surface area contributed by atoms with E-state index in [1.54, 1.807) is 42.6 Å². The number of hydrogen-bond donors (Lipinski definition) is 4. The van der Waals surface area contributed by atoms with Crippen molar-refractivity contribution in [2.45, 2.75) is 18.9 Å². The van der Waals surface area contributed by atoms with Gasteiger partial charge in [-0.25, -0.2) is 9.97 Å². The number of carbonyl (C=O) groups is 5. The summed E-state index contributed by atoms with van der Waals surface area (Å²) in [5.41, 5.74) is 2.07. The third-order valence-corrected chi connectivity index (χ3v) is 10.2. The van der Waals surface area contributed by atoms with Crippen LogP contribution in [-0.4, -0.2) is 134 Å². The van der Waals surface area contributed by atoms with Gasteiger partial charge in [0.25, 0.3) is 11.8 Å². The number of halogens is 1. The molecule has 1 saturated heterocycles. The third kappa shape index (κ3) is 11.4. The molecule has 0 spiro atoms. The van der Waals surface area contributed by atoms with Crippen LogP contribution in [0.3, 0.4) is 0 Å². The number of hydrogen-bond acceptors (Lipinski definition) is 15. The number of nitrogens with zero attached hydrogens (tertiary/aromatic N) is 3. The molecule has 7 rings (SSSR count). The lowest BCUT2D eigenvalue weighted by Gasteiger charge is -2.27. The fourth-order valence-electron chi connectivity index (χ4n) is 6.93. The molecule has 2 aromatic heterocycles. The number of benzene rings is 3. The van der Waals surface area contributed by atoms with Gasteiger partial charge in [0.1, 0.15) is 35.3 Å². The highest BCUT2D eigenvalue weighted by Gasteiger charge is 2.45. The maximum Gasteiger partial charge on any atom is 0.264 e. The maximum atomic E-state index is 13.6. The molecule has 4 heterocycles. The number of amides is 4. The van der Waals surface area contributed by atoms with Gasteiger partial charge in [-0.3, -0.25) is 34.2 Å². The Morgan fingerprint density at radius 3 is 2.06 bits per heavy atom. The topological polar surface area (TPSA) is 222 Å². The van der Waals surface area contributed by atoms with Crippen molar-refractivity contribution in [3.8, 4) is 11.5 Å². The van der Waals surface area contributed by atoms with Gasteiger partial charge < -0.3 is 44.0 Å². The van der Waals surface area contributed by atoms with Gasteiger partial charge in [0.2, 0.25) is 11.8 Å². The van der Waals surface area contributed by atoms with Crippen LogP contribution in [0.5, 0.6) is 11.5 Å². The number of ketones is 1. The van der Waals surface area contributed by atoms with Crippen molar-refractivity contribution in [3.05, 3.63) is 107 Å². The summed E-state index contributed by atoms with van der Waals surface area (Å²) in [6.07, 6.45) is 3.16. The molecule has 1 fully saturated rings.